The van der Waals surface area contributed by atoms with Crippen molar-refractivity contribution >= 4 is 29.4 Å². The van der Waals surface area contributed by atoms with Gasteiger partial charge in [0, 0.05) is 19.3 Å². The average Bonchev–Trinajstić information content (AvgIpc) is 3.14. The van der Waals surface area contributed by atoms with E-state index in [9.17, 15) is 14.4 Å². The first kappa shape index (κ1) is 25.1. The van der Waals surface area contributed by atoms with Gasteiger partial charge in [-0.05, 0) is 56.2 Å². The molecule has 1 aliphatic rings. The van der Waals surface area contributed by atoms with Gasteiger partial charge in [0.25, 0.3) is 5.56 Å². The Kier molecular flexibility index (Phi) is 7.44. The normalized spacial score (nSPS) is 15.2. The van der Waals surface area contributed by atoms with E-state index in [1.54, 1.807) is 63.5 Å². The first-order valence-electron chi connectivity index (χ1n) is 11.4. The van der Waals surface area contributed by atoms with Crippen LogP contribution in [-0.2, 0) is 14.3 Å². The van der Waals surface area contributed by atoms with Crippen LogP contribution in [0.3, 0.4) is 0 Å². The van der Waals surface area contributed by atoms with Crippen molar-refractivity contribution in [2.24, 2.45) is 4.99 Å². The molecule has 0 aliphatic carbocycles. The molecule has 4 rings (SSSR count). The Balaban J connectivity index is 1.95. The standard InChI is InChI=1S/C26H25N3O6S/c1-5-33-20-13-18(9-10-19(20)35-16(4)30)23-22(25(32)34-6-2)15(3)28-26-29(23)24(31)21(36-26)12-17-8-7-11-27-14-17/h7-14,23H,5-6H2,1-4H3/b21-12+/t23-/m1/s1. The highest BCUT2D eigenvalue weighted by Crippen LogP contribution is 2.36. The van der Waals surface area contributed by atoms with E-state index < -0.39 is 18.0 Å². The fourth-order valence-corrected chi connectivity index (χ4v) is 4.97. The number of benzene rings is 1. The van der Waals surface area contributed by atoms with E-state index in [0.29, 0.717) is 33.0 Å². The molecule has 36 heavy (non-hydrogen) atoms. The highest BCUT2D eigenvalue weighted by Gasteiger charge is 2.34. The minimum atomic E-state index is -0.818. The summed E-state index contributed by atoms with van der Waals surface area (Å²) in [5.41, 5.74) is 1.75. The van der Waals surface area contributed by atoms with Crippen molar-refractivity contribution in [3.05, 3.63) is 84.8 Å². The quantitative estimate of drug-likeness (QED) is 0.357. The zero-order chi connectivity index (χ0) is 25.8. The SMILES string of the molecule is CCOC(=O)C1=C(C)N=c2s/c(=C/c3cccnc3)c(=O)n2[C@@H]1c1ccc(OC(C)=O)c(OCC)c1. The molecular weight excluding hydrogens is 482 g/mol. The van der Waals surface area contributed by atoms with Gasteiger partial charge < -0.3 is 14.2 Å². The maximum absolute atomic E-state index is 13.6. The van der Waals surface area contributed by atoms with E-state index in [2.05, 4.69) is 9.98 Å². The number of hydrogen-bond donors (Lipinski definition) is 0. The highest BCUT2D eigenvalue weighted by molar-refractivity contribution is 7.07. The third kappa shape index (κ3) is 4.99. The first-order chi connectivity index (χ1) is 17.3. The number of ether oxygens (including phenoxy) is 3. The predicted octanol–water partition coefficient (Wildman–Crippen LogP) is 2.52. The van der Waals surface area contributed by atoms with Crippen molar-refractivity contribution in [3.63, 3.8) is 0 Å². The lowest BCUT2D eigenvalue weighted by Crippen LogP contribution is -2.40. The van der Waals surface area contributed by atoms with E-state index >= 15 is 0 Å². The first-order valence-corrected chi connectivity index (χ1v) is 12.2. The van der Waals surface area contributed by atoms with Gasteiger partial charge in [-0.3, -0.25) is 19.1 Å². The molecule has 0 amide bonds. The minimum Gasteiger partial charge on any atom is -0.490 e. The van der Waals surface area contributed by atoms with Crippen LogP contribution in [0.15, 0.2) is 63.8 Å². The summed E-state index contributed by atoms with van der Waals surface area (Å²) in [5, 5.41) is 0. The van der Waals surface area contributed by atoms with Gasteiger partial charge in [0.1, 0.15) is 0 Å². The average molecular weight is 508 g/mol. The van der Waals surface area contributed by atoms with Crippen LogP contribution in [0.5, 0.6) is 11.5 Å². The summed E-state index contributed by atoms with van der Waals surface area (Å²) in [4.78, 5) is 47.4. The fraction of sp³-hybridized carbons (Fsp3) is 0.269. The van der Waals surface area contributed by atoms with E-state index in [1.807, 2.05) is 6.07 Å². The molecule has 2 aromatic heterocycles. The van der Waals surface area contributed by atoms with Crippen LogP contribution in [0.4, 0.5) is 0 Å². The number of rotatable bonds is 7. The third-order valence-electron chi connectivity index (χ3n) is 5.34. The van der Waals surface area contributed by atoms with Gasteiger partial charge in [-0.25, -0.2) is 9.79 Å². The minimum absolute atomic E-state index is 0.170. The number of hydrogen-bond acceptors (Lipinski definition) is 9. The molecule has 3 heterocycles. The topological polar surface area (TPSA) is 109 Å². The molecule has 1 aliphatic heterocycles. The molecule has 1 aromatic carbocycles. The van der Waals surface area contributed by atoms with Crippen LogP contribution in [0, 0.1) is 0 Å². The fourth-order valence-electron chi connectivity index (χ4n) is 3.92. The molecule has 0 unspecified atom stereocenters. The molecule has 0 bridgehead atoms. The van der Waals surface area contributed by atoms with E-state index in [0.717, 1.165) is 5.56 Å². The summed E-state index contributed by atoms with van der Waals surface area (Å²) in [6.07, 6.45) is 5.06. The van der Waals surface area contributed by atoms with Crippen LogP contribution < -0.4 is 24.4 Å². The van der Waals surface area contributed by atoms with Crippen molar-refractivity contribution in [2.45, 2.75) is 33.7 Å². The summed E-state index contributed by atoms with van der Waals surface area (Å²) < 4.78 is 18.3. The molecule has 186 valence electrons. The molecule has 0 radical (unpaired) electrons. The van der Waals surface area contributed by atoms with Crippen LogP contribution in [0.2, 0.25) is 0 Å². The molecule has 1 atom stereocenters. The number of nitrogens with zero attached hydrogens (tertiary/aromatic N) is 3. The summed E-state index contributed by atoms with van der Waals surface area (Å²) in [6.45, 7) is 7.03. The van der Waals surface area contributed by atoms with Gasteiger partial charge in [0.05, 0.1) is 35.1 Å². The van der Waals surface area contributed by atoms with Crippen molar-refractivity contribution in [2.75, 3.05) is 13.2 Å². The van der Waals surface area contributed by atoms with E-state index in [4.69, 9.17) is 14.2 Å². The second-order valence-electron chi connectivity index (χ2n) is 7.82. The lowest BCUT2D eigenvalue weighted by atomic mass is 9.95. The molecule has 0 saturated carbocycles. The van der Waals surface area contributed by atoms with E-state index in [-0.39, 0.29) is 23.5 Å². The number of carbonyl (C=O) groups is 2. The Morgan fingerprint density at radius 1 is 1.17 bits per heavy atom. The summed E-state index contributed by atoms with van der Waals surface area (Å²) >= 11 is 1.23. The number of allylic oxidation sites excluding steroid dienone is 1. The molecule has 0 N–H and O–H groups in total. The Morgan fingerprint density at radius 2 is 1.97 bits per heavy atom. The second-order valence-corrected chi connectivity index (χ2v) is 8.83. The summed E-state index contributed by atoms with van der Waals surface area (Å²) in [6, 6.07) is 7.77. The second kappa shape index (κ2) is 10.7. The Labute approximate surface area is 211 Å². The van der Waals surface area contributed by atoms with Gasteiger partial charge in [0.15, 0.2) is 16.3 Å². The maximum atomic E-state index is 13.6. The number of aromatic nitrogens is 2. The lowest BCUT2D eigenvalue weighted by molar-refractivity contribution is -0.139. The number of esters is 2. The van der Waals surface area contributed by atoms with Gasteiger partial charge in [-0.15, -0.1) is 0 Å². The van der Waals surface area contributed by atoms with Crippen molar-refractivity contribution in [3.8, 4) is 11.5 Å². The van der Waals surface area contributed by atoms with Gasteiger partial charge in [-0.2, -0.15) is 0 Å². The molecule has 0 saturated heterocycles. The maximum Gasteiger partial charge on any atom is 0.338 e. The van der Waals surface area contributed by atoms with Crippen LogP contribution >= 0.6 is 11.3 Å². The Hall–Kier alpha value is -4.05. The van der Waals surface area contributed by atoms with Crippen LogP contribution in [0.1, 0.15) is 44.9 Å². The number of thiazole rings is 1. The molecule has 0 spiro atoms. The monoisotopic (exact) mass is 507 g/mol. The third-order valence-corrected chi connectivity index (χ3v) is 6.32. The molecule has 3 aromatic rings. The molecule has 10 heteroatoms. The van der Waals surface area contributed by atoms with Gasteiger partial charge in [0.2, 0.25) is 0 Å². The number of fused-ring (bicyclic) bond motifs is 1. The Morgan fingerprint density at radius 3 is 2.64 bits per heavy atom. The lowest BCUT2D eigenvalue weighted by Gasteiger charge is -2.25. The molecule has 0 fully saturated rings. The van der Waals surface area contributed by atoms with E-state index in [1.165, 1.54) is 22.8 Å². The highest BCUT2D eigenvalue weighted by atomic mass is 32.1. The predicted molar refractivity (Wildman–Crippen MR) is 134 cm³/mol. The zero-order valence-corrected chi connectivity index (χ0v) is 21.1. The van der Waals surface area contributed by atoms with Gasteiger partial charge >= 0.3 is 11.9 Å². The summed E-state index contributed by atoms with van der Waals surface area (Å²) in [7, 11) is 0. The largest absolute Gasteiger partial charge is 0.490 e. The molecular formula is C26H25N3O6S. The van der Waals surface area contributed by atoms with Crippen molar-refractivity contribution < 1.29 is 23.8 Å². The Bertz CT molecular complexity index is 1520. The summed E-state index contributed by atoms with van der Waals surface area (Å²) in [5.74, 6) is -0.488. The molecule has 9 nitrogen and oxygen atoms in total. The zero-order valence-electron chi connectivity index (χ0n) is 20.3. The van der Waals surface area contributed by atoms with Crippen LogP contribution in [-0.4, -0.2) is 34.7 Å². The smallest absolute Gasteiger partial charge is 0.338 e. The van der Waals surface area contributed by atoms with Crippen molar-refractivity contribution in [1.82, 2.24) is 9.55 Å². The van der Waals surface area contributed by atoms with Gasteiger partial charge in [-0.1, -0.05) is 23.5 Å². The van der Waals surface area contributed by atoms with Crippen LogP contribution in [0.25, 0.3) is 6.08 Å². The number of pyridine rings is 1. The van der Waals surface area contributed by atoms with Crippen molar-refractivity contribution in [1.29, 1.82) is 0 Å². The number of carbonyl (C=O) groups excluding carboxylic acids is 2.